The molecule has 6 heteroatoms. The van der Waals surface area contributed by atoms with Crippen LogP contribution < -0.4 is 5.73 Å². The molecule has 0 bridgehead atoms. The molecule has 0 saturated carbocycles. The molecule has 0 aliphatic carbocycles. The Morgan fingerprint density at radius 1 is 1.11 bits per heavy atom. The van der Waals surface area contributed by atoms with Gasteiger partial charge in [-0.15, -0.1) is 0 Å². The zero-order valence-electron chi connectivity index (χ0n) is 9.00. The maximum absolute atomic E-state index is 13.2. The van der Waals surface area contributed by atoms with E-state index in [0.717, 1.165) is 0 Å². The Kier molecular flexibility index (Phi) is 4.07. The number of hydrogen-bond acceptors (Lipinski definition) is 2. The van der Waals surface area contributed by atoms with Crippen LogP contribution in [-0.4, -0.2) is 4.98 Å². The fourth-order valence-electron chi connectivity index (χ4n) is 1.55. The molecule has 1 heterocycles. The van der Waals surface area contributed by atoms with E-state index in [1.54, 1.807) is 0 Å². The monoisotopic (exact) mass is 304 g/mol. The largest absolute Gasteiger partial charge is 0.319 e. The summed E-state index contributed by atoms with van der Waals surface area (Å²) in [5.74, 6) is -0.421. The summed E-state index contributed by atoms with van der Waals surface area (Å²) in [7, 11) is 0. The summed E-state index contributed by atoms with van der Waals surface area (Å²) in [5, 5.41) is 1.08. The molecule has 0 spiro atoms. The first-order valence-electron chi connectivity index (χ1n) is 5.00. The third kappa shape index (κ3) is 2.75. The van der Waals surface area contributed by atoms with Crippen molar-refractivity contribution >= 4 is 34.8 Å². The first-order chi connectivity index (χ1) is 8.49. The van der Waals surface area contributed by atoms with E-state index in [1.807, 2.05) is 0 Å². The van der Waals surface area contributed by atoms with E-state index in [1.165, 1.54) is 30.5 Å². The van der Waals surface area contributed by atoms with Crippen LogP contribution in [0.4, 0.5) is 4.39 Å². The summed E-state index contributed by atoms with van der Waals surface area (Å²) in [6.45, 7) is 0. The highest BCUT2D eigenvalue weighted by atomic mass is 35.5. The maximum atomic E-state index is 13.2. The molecule has 0 aliphatic heterocycles. The molecule has 94 valence electrons. The molecule has 2 rings (SSSR count). The zero-order chi connectivity index (χ0) is 13.3. The molecule has 2 N–H and O–H groups in total. The van der Waals surface area contributed by atoms with Crippen molar-refractivity contribution in [3.05, 3.63) is 62.6 Å². The van der Waals surface area contributed by atoms with Crippen molar-refractivity contribution in [2.24, 2.45) is 5.73 Å². The first-order valence-corrected chi connectivity index (χ1v) is 6.14. The van der Waals surface area contributed by atoms with Crippen molar-refractivity contribution in [2.75, 3.05) is 0 Å². The summed E-state index contributed by atoms with van der Waals surface area (Å²) in [4.78, 5) is 4.05. The van der Waals surface area contributed by atoms with Gasteiger partial charge in [-0.3, -0.25) is 4.98 Å². The third-order valence-corrected chi connectivity index (χ3v) is 3.28. The molecule has 1 unspecified atom stereocenters. The smallest absolute Gasteiger partial charge is 0.123 e. The minimum atomic E-state index is -0.710. The van der Waals surface area contributed by atoms with Gasteiger partial charge in [-0.05, 0) is 29.8 Å². The fraction of sp³-hybridized carbons (Fsp3) is 0.0833. The van der Waals surface area contributed by atoms with Gasteiger partial charge in [-0.1, -0.05) is 34.8 Å². The van der Waals surface area contributed by atoms with Crippen molar-refractivity contribution in [3.8, 4) is 0 Å². The number of halogens is 4. The Morgan fingerprint density at radius 3 is 2.50 bits per heavy atom. The van der Waals surface area contributed by atoms with Gasteiger partial charge >= 0.3 is 0 Å². The average Bonchev–Trinajstić information content (AvgIpc) is 2.31. The lowest BCUT2D eigenvalue weighted by atomic mass is 10.0. The van der Waals surface area contributed by atoms with Gasteiger partial charge in [0.1, 0.15) is 5.82 Å². The van der Waals surface area contributed by atoms with Crippen molar-refractivity contribution < 1.29 is 4.39 Å². The summed E-state index contributed by atoms with van der Waals surface area (Å²) in [6.07, 6.45) is 1.43. The summed E-state index contributed by atoms with van der Waals surface area (Å²) in [6, 6.07) is 4.78. The summed E-state index contributed by atoms with van der Waals surface area (Å²) in [5.41, 5.74) is 6.82. The molecule has 0 saturated heterocycles. The molecule has 2 aromatic rings. The van der Waals surface area contributed by atoms with E-state index < -0.39 is 11.9 Å². The van der Waals surface area contributed by atoms with E-state index in [-0.39, 0.29) is 0 Å². The minimum Gasteiger partial charge on any atom is -0.319 e. The molecule has 0 amide bonds. The predicted octanol–water partition coefficient (Wildman–Crippen LogP) is 4.23. The highest BCUT2D eigenvalue weighted by Gasteiger charge is 2.17. The van der Waals surface area contributed by atoms with Gasteiger partial charge in [0.2, 0.25) is 0 Å². The fourth-order valence-corrected chi connectivity index (χ4v) is 2.29. The van der Waals surface area contributed by atoms with E-state index in [4.69, 9.17) is 40.5 Å². The van der Waals surface area contributed by atoms with Crippen LogP contribution in [0.3, 0.4) is 0 Å². The van der Waals surface area contributed by atoms with Crippen molar-refractivity contribution in [3.63, 3.8) is 0 Å². The quantitative estimate of drug-likeness (QED) is 0.902. The van der Waals surface area contributed by atoms with Crippen LogP contribution in [0, 0.1) is 5.82 Å². The minimum absolute atomic E-state index is 0.315. The number of benzene rings is 1. The van der Waals surface area contributed by atoms with Crippen LogP contribution in [-0.2, 0) is 0 Å². The number of nitrogens with two attached hydrogens (primary N) is 1. The molecule has 0 fully saturated rings. The number of hydrogen-bond donors (Lipinski definition) is 1. The molecule has 18 heavy (non-hydrogen) atoms. The standard InChI is InChI=1S/C12H8Cl3FN2/c13-6-3-10(15)12(18-5-6)11(17)8-4-7(16)1-2-9(8)14/h1-5,11H,17H2. The van der Waals surface area contributed by atoms with Gasteiger partial charge in [-0.2, -0.15) is 0 Å². The zero-order valence-corrected chi connectivity index (χ0v) is 11.3. The Balaban J connectivity index is 2.47. The lowest BCUT2D eigenvalue weighted by Crippen LogP contribution is -2.15. The Morgan fingerprint density at radius 2 is 1.83 bits per heavy atom. The molecule has 0 aliphatic rings. The van der Waals surface area contributed by atoms with E-state index in [2.05, 4.69) is 4.98 Å². The molecule has 1 aromatic carbocycles. The van der Waals surface area contributed by atoms with E-state index in [9.17, 15) is 4.39 Å². The van der Waals surface area contributed by atoms with Crippen LogP contribution in [0.1, 0.15) is 17.3 Å². The number of nitrogens with zero attached hydrogens (tertiary/aromatic N) is 1. The van der Waals surface area contributed by atoms with E-state index >= 15 is 0 Å². The van der Waals surface area contributed by atoms with Gasteiger partial charge < -0.3 is 5.73 Å². The van der Waals surface area contributed by atoms with Crippen LogP contribution in [0.15, 0.2) is 30.5 Å². The summed E-state index contributed by atoms with van der Waals surface area (Å²) < 4.78 is 13.2. The van der Waals surface area contributed by atoms with Gasteiger partial charge in [0.15, 0.2) is 0 Å². The van der Waals surface area contributed by atoms with Crippen LogP contribution in [0.2, 0.25) is 15.1 Å². The lowest BCUT2D eigenvalue weighted by Gasteiger charge is -2.14. The highest BCUT2D eigenvalue weighted by molar-refractivity contribution is 6.35. The van der Waals surface area contributed by atoms with Crippen LogP contribution >= 0.6 is 34.8 Å². The maximum Gasteiger partial charge on any atom is 0.123 e. The number of aromatic nitrogens is 1. The first kappa shape index (κ1) is 13.6. The van der Waals surface area contributed by atoms with Crippen molar-refractivity contribution in [2.45, 2.75) is 6.04 Å². The van der Waals surface area contributed by atoms with E-state index in [0.29, 0.717) is 26.3 Å². The van der Waals surface area contributed by atoms with Crippen molar-refractivity contribution in [1.29, 1.82) is 0 Å². The Labute approximate surface area is 118 Å². The van der Waals surface area contributed by atoms with Gasteiger partial charge in [0, 0.05) is 11.2 Å². The predicted molar refractivity (Wildman–Crippen MR) is 71.7 cm³/mol. The van der Waals surface area contributed by atoms with Gasteiger partial charge in [0.25, 0.3) is 0 Å². The van der Waals surface area contributed by atoms with Crippen LogP contribution in [0.5, 0.6) is 0 Å². The van der Waals surface area contributed by atoms with Gasteiger partial charge in [-0.25, -0.2) is 4.39 Å². The molecule has 1 atom stereocenters. The normalized spacial score (nSPS) is 12.5. The number of rotatable bonds is 2. The Hall–Kier alpha value is -0.870. The van der Waals surface area contributed by atoms with Crippen LogP contribution in [0.25, 0.3) is 0 Å². The second-order valence-electron chi connectivity index (χ2n) is 3.66. The second-order valence-corrected chi connectivity index (χ2v) is 4.91. The topological polar surface area (TPSA) is 38.9 Å². The summed E-state index contributed by atoms with van der Waals surface area (Å²) >= 11 is 17.7. The third-order valence-electron chi connectivity index (χ3n) is 2.42. The molecule has 1 aromatic heterocycles. The second kappa shape index (κ2) is 5.41. The molecular formula is C12H8Cl3FN2. The average molecular weight is 306 g/mol. The van der Waals surface area contributed by atoms with Crippen molar-refractivity contribution in [1.82, 2.24) is 4.98 Å². The lowest BCUT2D eigenvalue weighted by molar-refractivity contribution is 0.623. The molecular weight excluding hydrogens is 298 g/mol. The molecule has 0 radical (unpaired) electrons. The molecule has 2 nitrogen and oxygen atoms in total. The Bertz CT molecular complexity index is 590. The SMILES string of the molecule is NC(c1cc(F)ccc1Cl)c1ncc(Cl)cc1Cl. The highest BCUT2D eigenvalue weighted by Crippen LogP contribution is 2.30. The number of pyridine rings is 1. The van der Waals surface area contributed by atoms with Gasteiger partial charge in [0.05, 0.1) is 21.8 Å².